The maximum Gasteiger partial charge on any atom is 0.272 e. The van der Waals surface area contributed by atoms with Crippen molar-refractivity contribution < 1.29 is 14.4 Å². The predicted octanol–water partition coefficient (Wildman–Crippen LogP) is 8.90. The highest BCUT2D eigenvalue weighted by Crippen LogP contribution is 2.42. The molecule has 0 saturated heterocycles. The standard InChI is InChI=1S/C42H35N5O3S2/c1-26(39(48)47-42-35(24-43)34-20-19-29(22-38(34)52-42)27-11-4-2-5-12-27)51-32-16-10-15-31(23-32)45-41(50)37(46-40(49)28-13-6-3-7-14-28)21-30-25-44-36-18-9-8-17-33(30)36/h2-18,21,23,25-26,29,44H,19-20,22H2,1H3,(H,45,50)(H,46,49)(H,47,48)/b37-21-. The van der Waals surface area contributed by atoms with Gasteiger partial charge in [-0.1, -0.05) is 72.8 Å². The maximum atomic E-state index is 13.7. The first-order valence-corrected chi connectivity index (χ1v) is 18.7. The largest absolute Gasteiger partial charge is 0.361 e. The van der Waals surface area contributed by atoms with E-state index in [9.17, 15) is 19.6 Å². The summed E-state index contributed by atoms with van der Waals surface area (Å²) in [5.74, 6) is -0.720. The maximum absolute atomic E-state index is 13.7. The highest BCUT2D eigenvalue weighted by atomic mass is 32.2. The molecular weight excluding hydrogens is 687 g/mol. The lowest BCUT2D eigenvalue weighted by molar-refractivity contribution is -0.115. The van der Waals surface area contributed by atoms with Crippen LogP contribution in [0.25, 0.3) is 17.0 Å². The molecule has 258 valence electrons. The number of carbonyl (C=O) groups excluding carboxylic acids is 3. The molecule has 3 amide bonds. The molecule has 0 radical (unpaired) electrons. The molecule has 6 aromatic rings. The fraction of sp³-hybridized carbons (Fsp3) is 0.143. The number of H-pyrrole nitrogens is 1. The number of aromatic nitrogens is 1. The third kappa shape index (κ3) is 7.71. The molecule has 8 nitrogen and oxygen atoms in total. The summed E-state index contributed by atoms with van der Waals surface area (Å²) < 4.78 is 0. The van der Waals surface area contributed by atoms with Gasteiger partial charge in [-0.25, -0.2) is 0 Å². The van der Waals surface area contributed by atoms with Crippen molar-refractivity contribution in [2.24, 2.45) is 0 Å². The molecule has 2 atom stereocenters. The summed E-state index contributed by atoms with van der Waals surface area (Å²) in [6.07, 6.45) is 6.07. The van der Waals surface area contributed by atoms with Crippen LogP contribution in [0.5, 0.6) is 0 Å². The van der Waals surface area contributed by atoms with Gasteiger partial charge in [-0.05, 0) is 85.7 Å². The van der Waals surface area contributed by atoms with Gasteiger partial charge in [0.05, 0.1) is 10.8 Å². The number of fused-ring (bicyclic) bond motifs is 2. The van der Waals surface area contributed by atoms with Crippen LogP contribution in [0, 0.1) is 11.3 Å². The zero-order valence-corrected chi connectivity index (χ0v) is 29.9. The van der Waals surface area contributed by atoms with Crippen molar-refractivity contribution in [2.45, 2.75) is 42.2 Å². The van der Waals surface area contributed by atoms with Gasteiger partial charge in [0.2, 0.25) is 5.91 Å². The van der Waals surface area contributed by atoms with Crippen molar-refractivity contribution in [1.82, 2.24) is 10.3 Å². The van der Waals surface area contributed by atoms with Gasteiger partial charge in [0, 0.05) is 43.7 Å². The number of nitrogens with one attached hydrogen (secondary N) is 4. The summed E-state index contributed by atoms with van der Waals surface area (Å²) in [4.78, 5) is 45.5. The van der Waals surface area contributed by atoms with E-state index in [0.717, 1.165) is 51.1 Å². The average molecular weight is 722 g/mol. The number of aromatic amines is 1. The summed E-state index contributed by atoms with van der Waals surface area (Å²) in [5.41, 5.74) is 5.58. The highest BCUT2D eigenvalue weighted by molar-refractivity contribution is 8.00. The second-order valence-corrected chi connectivity index (χ2v) is 15.1. The van der Waals surface area contributed by atoms with E-state index in [2.05, 4.69) is 51.3 Å². The molecule has 52 heavy (non-hydrogen) atoms. The van der Waals surface area contributed by atoms with Crippen molar-refractivity contribution in [3.05, 3.63) is 154 Å². The van der Waals surface area contributed by atoms with Gasteiger partial charge in [0.1, 0.15) is 16.8 Å². The molecule has 0 fully saturated rings. The first-order valence-electron chi connectivity index (χ1n) is 17.0. The Morgan fingerprint density at radius 1 is 0.942 bits per heavy atom. The van der Waals surface area contributed by atoms with E-state index in [4.69, 9.17) is 0 Å². The predicted molar refractivity (Wildman–Crippen MR) is 209 cm³/mol. The molecule has 4 aromatic carbocycles. The SMILES string of the molecule is CC(Sc1cccc(NC(=O)/C(=C/c2c[nH]c3ccccc23)NC(=O)c2ccccc2)c1)C(=O)Nc1sc2c(c1C#N)CCC(c1ccccc1)C2. The molecular formula is C42H35N5O3S2. The molecule has 1 aliphatic rings. The second-order valence-electron chi connectivity index (χ2n) is 12.6. The quantitative estimate of drug-likeness (QED) is 0.0830. The lowest BCUT2D eigenvalue weighted by atomic mass is 9.83. The Morgan fingerprint density at radius 2 is 1.69 bits per heavy atom. The number of nitrogens with zero attached hydrogens (tertiary/aromatic N) is 1. The van der Waals surface area contributed by atoms with Crippen molar-refractivity contribution in [3.8, 4) is 6.07 Å². The number of anilines is 2. The minimum absolute atomic E-state index is 0.0754. The molecule has 0 spiro atoms. The molecule has 2 heterocycles. The van der Waals surface area contributed by atoms with Crippen LogP contribution >= 0.6 is 23.1 Å². The van der Waals surface area contributed by atoms with E-state index in [1.165, 1.54) is 28.7 Å². The van der Waals surface area contributed by atoms with Crippen molar-refractivity contribution in [1.29, 1.82) is 5.26 Å². The summed E-state index contributed by atoms with van der Waals surface area (Å²) >= 11 is 2.85. The molecule has 0 saturated carbocycles. The number of hydrogen-bond donors (Lipinski definition) is 4. The number of thiophene rings is 1. The normalized spacial score (nSPS) is 14.5. The molecule has 0 aliphatic heterocycles. The Balaban J connectivity index is 1.04. The van der Waals surface area contributed by atoms with Gasteiger partial charge in [0.25, 0.3) is 11.8 Å². The number of carbonyl (C=O) groups is 3. The van der Waals surface area contributed by atoms with Gasteiger partial charge in [0.15, 0.2) is 0 Å². The van der Waals surface area contributed by atoms with E-state index in [1.54, 1.807) is 54.7 Å². The number of para-hydroxylation sites is 1. The number of amides is 3. The minimum atomic E-state index is -0.497. The third-order valence-corrected chi connectivity index (χ3v) is 11.4. The zero-order chi connectivity index (χ0) is 36.0. The number of benzene rings is 4. The number of rotatable bonds is 10. The van der Waals surface area contributed by atoms with Gasteiger partial charge in [-0.15, -0.1) is 23.1 Å². The first-order chi connectivity index (χ1) is 25.4. The van der Waals surface area contributed by atoms with E-state index in [1.807, 2.05) is 49.4 Å². The highest BCUT2D eigenvalue weighted by Gasteiger charge is 2.28. The Morgan fingerprint density at radius 3 is 2.48 bits per heavy atom. The van der Waals surface area contributed by atoms with Gasteiger partial charge in [-0.2, -0.15) is 5.26 Å². The van der Waals surface area contributed by atoms with Crippen molar-refractivity contribution in [3.63, 3.8) is 0 Å². The molecule has 1 aliphatic carbocycles. The Kier molecular flexibility index (Phi) is 10.3. The smallest absolute Gasteiger partial charge is 0.272 e. The third-order valence-electron chi connectivity index (χ3n) is 9.11. The van der Waals surface area contributed by atoms with E-state index >= 15 is 0 Å². The average Bonchev–Trinajstić information content (AvgIpc) is 3.75. The molecule has 10 heteroatoms. The zero-order valence-electron chi connectivity index (χ0n) is 28.3. The van der Waals surface area contributed by atoms with E-state index in [0.29, 0.717) is 27.7 Å². The first kappa shape index (κ1) is 34.6. The second kappa shape index (κ2) is 15.6. The summed E-state index contributed by atoms with van der Waals surface area (Å²) in [6, 6.07) is 36.5. The topological polar surface area (TPSA) is 127 Å². The van der Waals surface area contributed by atoms with Crippen LogP contribution < -0.4 is 16.0 Å². The molecule has 2 aromatic heterocycles. The Bertz CT molecular complexity index is 2340. The van der Waals surface area contributed by atoms with Crippen LogP contribution in [-0.4, -0.2) is 28.0 Å². The Labute approximate surface area is 310 Å². The monoisotopic (exact) mass is 721 g/mol. The summed E-state index contributed by atoms with van der Waals surface area (Å²) in [5, 5.41) is 19.8. The van der Waals surface area contributed by atoms with Crippen LogP contribution in [-0.2, 0) is 22.4 Å². The Hall–Kier alpha value is -5.89. The molecule has 0 bridgehead atoms. The fourth-order valence-electron chi connectivity index (χ4n) is 6.43. The minimum Gasteiger partial charge on any atom is -0.361 e. The number of thioether (sulfide) groups is 1. The lowest BCUT2D eigenvalue weighted by Gasteiger charge is -2.22. The van der Waals surface area contributed by atoms with E-state index < -0.39 is 17.1 Å². The van der Waals surface area contributed by atoms with Crippen molar-refractivity contribution in [2.75, 3.05) is 10.6 Å². The van der Waals surface area contributed by atoms with Gasteiger partial charge in [-0.3, -0.25) is 14.4 Å². The van der Waals surface area contributed by atoms with Crippen LogP contribution in [0.15, 0.2) is 126 Å². The lowest BCUT2D eigenvalue weighted by Crippen LogP contribution is -2.30. The van der Waals surface area contributed by atoms with Crippen molar-refractivity contribution >= 4 is 68.5 Å². The van der Waals surface area contributed by atoms with Crippen LogP contribution in [0.3, 0.4) is 0 Å². The number of hydrogen-bond acceptors (Lipinski definition) is 6. The van der Waals surface area contributed by atoms with Crippen LogP contribution in [0.1, 0.15) is 56.8 Å². The van der Waals surface area contributed by atoms with Crippen LogP contribution in [0.4, 0.5) is 10.7 Å². The summed E-state index contributed by atoms with van der Waals surface area (Å²) in [6.45, 7) is 1.82. The number of nitriles is 1. The van der Waals surface area contributed by atoms with E-state index in [-0.39, 0.29) is 11.6 Å². The van der Waals surface area contributed by atoms with Crippen LogP contribution in [0.2, 0.25) is 0 Å². The molecule has 7 rings (SSSR count). The van der Waals surface area contributed by atoms with Gasteiger partial charge >= 0.3 is 0 Å². The summed E-state index contributed by atoms with van der Waals surface area (Å²) in [7, 11) is 0. The fourth-order valence-corrected chi connectivity index (χ4v) is 8.64. The molecule has 2 unspecified atom stereocenters. The molecule has 4 N–H and O–H groups in total. The van der Waals surface area contributed by atoms with Gasteiger partial charge < -0.3 is 20.9 Å².